The summed E-state index contributed by atoms with van der Waals surface area (Å²) in [5.41, 5.74) is 1.76. The molecule has 0 aromatic heterocycles. The molecule has 0 spiro atoms. The van der Waals surface area contributed by atoms with E-state index < -0.39 is 0 Å². The Labute approximate surface area is 101 Å². The van der Waals surface area contributed by atoms with Crippen molar-refractivity contribution in [3.05, 3.63) is 29.8 Å². The molecule has 4 heteroatoms. The first kappa shape index (κ1) is 11.8. The smallest absolute Gasteiger partial charge is 0.118 e. The Morgan fingerprint density at radius 2 is 2.06 bits per heavy atom. The lowest BCUT2D eigenvalue weighted by Crippen LogP contribution is -2.29. The van der Waals surface area contributed by atoms with Gasteiger partial charge in [-0.1, -0.05) is 12.1 Å². The molecule has 2 rings (SSSR count). The molecule has 2 unspecified atom stereocenters. The molecule has 0 amide bonds. The molecule has 0 radical (unpaired) electrons. The number of rotatable bonds is 3. The number of hydrogen-bond donors (Lipinski definition) is 1. The third kappa shape index (κ3) is 2.19. The SMILES string of the molecule is COc1ccc(C2CNC(SC)N2C)cc1. The molecular formula is C12H18N2OS. The Kier molecular flexibility index (Phi) is 3.74. The Morgan fingerprint density at radius 1 is 1.38 bits per heavy atom. The topological polar surface area (TPSA) is 24.5 Å². The summed E-state index contributed by atoms with van der Waals surface area (Å²) in [7, 11) is 3.86. The molecule has 0 bridgehead atoms. The molecular weight excluding hydrogens is 220 g/mol. The maximum atomic E-state index is 5.17. The zero-order chi connectivity index (χ0) is 11.5. The molecule has 1 aromatic rings. The Morgan fingerprint density at radius 3 is 2.56 bits per heavy atom. The van der Waals surface area contributed by atoms with Crippen molar-refractivity contribution in [3.8, 4) is 5.75 Å². The minimum Gasteiger partial charge on any atom is -0.497 e. The normalized spacial score (nSPS) is 25.9. The molecule has 88 valence electrons. The number of likely N-dealkylation sites (N-methyl/N-ethyl adjacent to an activating group) is 1. The van der Waals surface area contributed by atoms with E-state index in [-0.39, 0.29) is 0 Å². The highest BCUT2D eigenvalue weighted by molar-refractivity contribution is 7.99. The molecule has 0 aliphatic carbocycles. The summed E-state index contributed by atoms with van der Waals surface area (Å²) in [5, 5.41) is 3.49. The molecule has 1 heterocycles. The number of thioether (sulfide) groups is 1. The lowest BCUT2D eigenvalue weighted by molar-refractivity contribution is 0.301. The Bertz CT molecular complexity index is 341. The molecule has 0 saturated carbocycles. The maximum absolute atomic E-state index is 5.17. The standard InChI is InChI=1S/C12H18N2OS/c1-14-11(8-13-12(14)16-3)9-4-6-10(15-2)7-5-9/h4-7,11-13H,8H2,1-3H3. The van der Waals surface area contributed by atoms with Crippen molar-refractivity contribution in [2.75, 3.05) is 27.0 Å². The fourth-order valence-electron chi connectivity index (χ4n) is 2.09. The fraction of sp³-hybridized carbons (Fsp3) is 0.500. The van der Waals surface area contributed by atoms with E-state index in [0.717, 1.165) is 12.3 Å². The number of hydrogen-bond acceptors (Lipinski definition) is 4. The fourth-order valence-corrected chi connectivity index (χ4v) is 2.83. The van der Waals surface area contributed by atoms with Gasteiger partial charge in [-0.2, -0.15) is 0 Å². The first-order valence-corrected chi connectivity index (χ1v) is 6.67. The summed E-state index contributed by atoms with van der Waals surface area (Å²) in [6.07, 6.45) is 2.13. The van der Waals surface area contributed by atoms with Crippen molar-refractivity contribution in [1.29, 1.82) is 0 Å². The summed E-state index contributed by atoms with van der Waals surface area (Å²) in [4.78, 5) is 2.37. The second-order valence-corrected chi connectivity index (χ2v) is 4.87. The van der Waals surface area contributed by atoms with E-state index >= 15 is 0 Å². The van der Waals surface area contributed by atoms with E-state index in [0.29, 0.717) is 11.5 Å². The van der Waals surface area contributed by atoms with E-state index in [9.17, 15) is 0 Å². The predicted molar refractivity (Wildman–Crippen MR) is 68.8 cm³/mol. The van der Waals surface area contributed by atoms with Crippen LogP contribution in [0.2, 0.25) is 0 Å². The van der Waals surface area contributed by atoms with Crippen LogP contribution in [0, 0.1) is 0 Å². The number of nitrogens with zero attached hydrogens (tertiary/aromatic N) is 1. The van der Waals surface area contributed by atoms with Gasteiger partial charge in [0.1, 0.15) is 11.2 Å². The van der Waals surface area contributed by atoms with Crippen LogP contribution in [0.25, 0.3) is 0 Å². The van der Waals surface area contributed by atoms with Crippen molar-refractivity contribution in [3.63, 3.8) is 0 Å². The van der Waals surface area contributed by atoms with Gasteiger partial charge in [0.15, 0.2) is 0 Å². The lowest BCUT2D eigenvalue weighted by atomic mass is 10.1. The van der Waals surface area contributed by atoms with Crippen LogP contribution in [-0.2, 0) is 0 Å². The number of ether oxygens (including phenoxy) is 1. The molecule has 1 N–H and O–H groups in total. The first-order chi connectivity index (χ1) is 7.76. The average Bonchev–Trinajstić information content (AvgIpc) is 2.70. The highest BCUT2D eigenvalue weighted by Crippen LogP contribution is 2.29. The van der Waals surface area contributed by atoms with Gasteiger partial charge in [-0.05, 0) is 31.0 Å². The molecule has 1 aliphatic heterocycles. The Balaban J connectivity index is 2.12. The van der Waals surface area contributed by atoms with Crippen LogP contribution in [0.4, 0.5) is 0 Å². The van der Waals surface area contributed by atoms with E-state index in [1.54, 1.807) is 7.11 Å². The van der Waals surface area contributed by atoms with E-state index in [1.807, 2.05) is 23.9 Å². The maximum Gasteiger partial charge on any atom is 0.118 e. The van der Waals surface area contributed by atoms with Gasteiger partial charge in [0, 0.05) is 12.6 Å². The van der Waals surface area contributed by atoms with Crippen molar-refractivity contribution in [1.82, 2.24) is 10.2 Å². The van der Waals surface area contributed by atoms with Gasteiger partial charge in [-0.25, -0.2) is 0 Å². The summed E-state index contributed by atoms with van der Waals surface area (Å²) < 4.78 is 5.17. The summed E-state index contributed by atoms with van der Waals surface area (Å²) in [5.74, 6) is 0.916. The highest BCUT2D eigenvalue weighted by atomic mass is 32.2. The average molecular weight is 238 g/mol. The monoisotopic (exact) mass is 238 g/mol. The third-order valence-electron chi connectivity index (χ3n) is 3.07. The highest BCUT2D eigenvalue weighted by Gasteiger charge is 2.29. The zero-order valence-corrected chi connectivity index (χ0v) is 10.8. The van der Waals surface area contributed by atoms with E-state index in [1.165, 1.54) is 5.56 Å². The van der Waals surface area contributed by atoms with Gasteiger partial charge in [0.05, 0.1) is 7.11 Å². The van der Waals surface area contributed by atoms with Crippen LogP contribution in [0.15, 0.2) is 24.3 Å². The predicted octanol–water partition coefficient (Wildman–Crippen LogP) is 1.92. The number of methoxy groups -OCH3 is 1. The molecule has 2 atom stereocenters. The second-order valence-electron chi connectivity index (χ2n) is 3.95. The van der Waals surface area contributed by atoms with Gasteiger partial charge in [-0.3, -0.25) is 10.2 Å². The quantitative estimate of drug-likeness (QED) is 0.869. The van der Waals surface area contributed by atoms with Gasteiger partial charge < -0.3 is 4.74 Å². The molecule has 1 fully saturated rings. The lowest BCUT2D eigenvalue weighted by Gasteiger charge is -2.23. The second kappa shape index (κ2) is 5.08. The van der Waals surface area contributed by atoms with Crippen LogP contribution in [0.5, 0.6) is 5.75 Å². The van der Waals surface area contributed by atoms with Crippen molar-refractivity contribution < 1.29 is 4.74 Å². The van der Waals surface area contributed by atoms with Crippen molar-refractivity contribution in [2.45, 2.75) is 11.5 Å². The largest absolute Gasteiger partial charge is 0.497 e. The molecule has 3 nitrogen and oxygen atoms in total. The molecule has 1 aliphatic rings. The summed E-state index contributed by atoms with van der Waals surface area (Å²) in [6.45, 7) is 1.01. The first-order valence-electron chi connectivity index (χ1n) is 5.38. The van der Waals surface area contributed by atoms with Crippen molar-refractivity contribution >= 4 is 11.8 Å². The third-order valence-corrected chi connectivity index (χ3v) is 4.02. The van der Waals surface area contributed by atoms with Gasteiger partial charge in [-0.15, -0.1) is 11.8 Å². The summed E-state index contributed by atoms with van der Waals surface area (Å²) in [6, 6.07) is 8.79. The van der Waals surface area contributed by atoms with Crippen LogP contribution >= 0.6 is 11.8 Å². The Hall–Kier alpha value is -0.710. The van der Waals surface area contributed by atoms with E-state index in [4.69, 9.17) is 4.74 Å². The number of benzene rings is 1. The molecule has 16 heavy (non-hydrogen) atoms. The molecule has 1 saturated heterocycles. The van der Waals surface area contributed by atoms with E-state index in [2.05, 4.69) is 35.7 Å². The zero-order valence-electron chi connectivity index (χ0n) is 9.93. The van der Waals surface area contributed by atoms with Crippen LogP contribution in [0.1, 0.15) is 11.6 Å². The van der Waals surface area contributed by atoms with Crippen molar-refractivity contribution in [2.24, 2.45) is 0 Å². The van der Waals surface area contributed by atoms with Gasteiger partial charge >= 0.3 is 0 Å². The van der Waals surface area contributed by atoms with Crippen LogP contribution in [0.3, 0.4) is 0 Å². The van der Waals surface area contributed by atoms with Crippen LogP contribution in [-0.4, -0.2) is 37.4 Å². The summed E-state index contributed by atoms with van der Waals surface area (Å²) >= 11 is 1.84. The number of nitrogens with one attached hydrogen (secondary N) is 1. The van der Waals surface area contributed by atoms with Crippen LogP contribution < -0.4 is 10.1 Å². The van der Waals surface area contributed by atoms with Gasteiger partial charge in [0.2, 0.25) is 0 Å². The minimum absolute atomic E-state index is 0.423. The van der Waals surface area contributed by atoms with Gasteiger partial charge in [0.25, 0.3) is 0 Å². The molecule has 1 aromatic carbocycles. The minimum atomic E-state index is 0.423.